The SMILES string of the molecule is C#CCNCC(=O)NC1CCN(C)C(C)C1. The second-order valence-corrected chi connectivity index (χ2v) is 4.43. The van der Waals surface area contributed by atoms with E-state index in [1.807, 2.05) is 0 Å². The van der Waals surface area contributed by atoms with Crippen molar-refractivity contribution in [1.29, 1.82) is 0 Å². The zero-order valence-corrected chi connectivity index (χ0v) is 10.1. The summed E-state index contributed by atoms with van der Waals surface area (Å²) >= 11 is 0. The third-order valence-corrected chi connectivity index (χ3v) is 3.09. The van der Waals surface area contributed by atoms with Crippen molar-refractivity contribution in [2.45, 2.75) is 31.8 Å². The van der Waals surface area contributed by atoms with Crippen LogP contribution in [-0.2, 0) is 4.79 Å². The molecular weight excluding hydrogens is 202 g/mol. The van der Waals surface area contributed by atoms with Crippen molar-refractivity contribution in [3.63, 3.8) is 0 Å². The summed E-state index contributed by atoms with van der Waals surface area (Å²) in [6.07, 6.45) is 7.14. The van der Waals surface area contributed by atoms with Gasteiger partial charge in [0, 0.05) is 18.6 Å². The molecule has 0 bridgehead atoms. The number of nitrogens with zero attached hydrogens (tertiary/aromatic N) is 1. The van der Waals surface area contributed by atoms with Crippen molar-refractivity contribution in [2.24, 2.45) is 0 Å². The molecule has 1 aliphatic heterocycles. The number of carbonyl (C=O) groups is 1. The van der Waals surface area contributed by atoms with Gasteiger partial charge in [-0.1, -0.05) is 5.92 Å². The van der Waals surface area contributed by atoms with E-state index in [-0.39, 0.29) is 5.91 Å². The fraction of sp³-hybridized carbons (Fsp3) is 0.750. The largest absolute Gasteiger partial charge is 0.352 e. The molecule has 0 aromatic heterocycles. The molecule has 0 saturated carbocycles. The van der Waals surface area contributed by atoms with Gasteiger partial charge in [0.2, 0.25) is 5.91 Å². The third-order valence-electron chi connectivity index (χ3n) is 3.09. The molecule has 0 aromatic rings. The van der Waals surface area contributed by atoms with Crippen LogP contribution in [0.2, 0.25) is 0 Å². The molecule has 1 saturated heterocycles. The van der Waals surface area contributed by atoms with E-state index in [4.69, 9.17) is 6.42 Å². The molecule has 0 radical (unpaired) electrons. The van der Waals surface area contributed by atoms with Crippen LogP contribution in [0.4, 0.5) is 0 Å². The van der Waals surface area contributed by atoms with Gasteiger partial charge in [-0.2, -0.15) is 0 Å². The Hall–Kier alpha value is -1.05. The molecule has 0 aromatic carbocycles. The quantitative estimate of drug-likeness (QED) is 0.513. The number of rotatable bonds is 4. The molecule has 90 valence electrons. The van der Waals surface area contributed by atoms with Crippen LogP contribution in [0, 0.1) is 12.3 Å². The molecule has 16 heavy (non-hydrogen) atoms. The van der Waals surface area contributed by atoms with Crippen molar-refractivity contribution < 1.29 is 4.79 Å². The Balaban J connectivity index is 2.22. The van der Waals surface area contributed by atoms with Crippen LogP contribution in [0.1, 0.15) is 19.8 Å². The Morgan fingerprint density at radius 3 is 3.00 bits per heavy atom. The first-order valence-electron chi connectivity index (χ1n) is 5.77. The monoisotopic (exact) mass is 223 g/mol. The first kappa shape index (κ1) is 13.0. The van der Waals surface area contributed by atoms with Crippen LogP contribution in [0.5, 0.6) is 0 Å². The average Bonchev–Trinajstić information content (AvgIpc) is 2.24. The summed E-state index contributed by atoms with van der Waals surface area (Å²) in [6, 6.07) is 0.851. The second-order valence-electron chi connectivity index (χ2n) is 4.43. The summed E-state index contributed by atoms with van der Waals surface area (Å²) in [5, 5.41) is 5.92. The van der Waals surface area contributed by atoms with E-state index in [1.165, 1.54) is 0 Å². The first-order valence-corrected chi connectivity index (χ1v) is 5.77. The lowest BCUT2D eigenvalue weighted by molar-refractivity contribution is -0.121. The molecule has 1 amide bonds. The molecule has 4 nitrogen and oxygen atoms in total. The van der Waals surface area contributed by atoms with Crippen molar-refractivity contribution in [1.82, 2.24) is 15.5 Å². The van der Waals surface area contributed by atoms with Crippen molar-refractivity contribution in [3.05, 3.63) is 0 Å². The zero-order valence-electron chi connectivity index (χ0n) is 10.1. The Morgan fingerprint density at radius 1 is 1.62 bits per heavy atom. The molecule has 0 spiro atoms. The second kappa shape index (κ2) is 6.51. The maximum atomic E-state index is 11.5. The molecule has 1 fully saturated rings. The summed E-state index contributed by atoms with van der Waals surface area (Å²) < 4.78 is 0. The molecule has 0 aliphatic carbocycles. The number of carbonyl (C=O) groups excluding carboxylic acids is 1. The molecular formula is C12H21N3O. The molecule has 2 unspecified atom stereocenters. The maximum Gasteiger partial charge on any atom is 0.234 e. The first-order chi connectivity index (χ1) is 7.63. The van der Waals surface area contributed by atoms with E-state index in [9.17, 15) is 4.79 Å². The Bertz CT molecular complexity index is 272. The summed E-state index contributed by atoms with van der Waals surface area (Å²) in [5.74, 6) is 2.48. The number of hydrogen-bond donors (Lipinski definition) is 2. The summed E-state index contributed by atoms with van der Waals surface area (Å²) in [7, 11) is 2.12. The van der Waals surface area contributed by atoms with Crippen LogP contribution in [0.25, 0.3) is 0 Å². The van der Waals surface area contributed by atoms with Gasteiger partial charge in [-0.15, -0.1) is 6.42 Å². The highest BCUT2D eigenvalue weighted by Crippen LogP contribution is 2.14. The van der Waals surface area contributed by atoms with Crippen molar-refractivity contribution >= 4 is 5.91 Å². The summed E-state index contributed by atoms with van der Waals surface area (Å²) in [4.78, 5) is 13.8. The Labute approximate surface area is 97.8 Å². The Morgan fingerprint density at radius 2 is 2.38 bits per heavy atom. The van der Waals surface area contributed by atoms with Gasteiger partial charge < -0.3 is 10.2 Å². The average molecular weight is 223 g/mol. The highest BCUT2D eigenvalue weighted by Gasteiger charge is 2.23. The van der Waals surface area contributed by atoms with E-state index in [1.54, 1.807) is 0 Å². The van der Waals surface area contributed by atoms with Crippen LogP contribution in [0.15, 0.2) is 0 Å². The lowest BCUT2D eigenvalue weighted by Crippen LogP contribution is -2.49. The highest BCUT2D eigenvalue weighted by atomic mass is 16.1. The van der Waals surface area contributed by atoms with Gasteiger partial charge >= 0.3 is 0 Å². The summed E-state index contributed by atoms with van der Waals surface area (Å²) in [5.41, 5.74) is 0. The van der Waals surface area contributed by atoms with Gasteiger partial charge in [0.1, 0.15) is 0 Å². The number of piperidine rings is 1. The number of amides is 1. The molecule has 1 aliphatic rings. The minimum atomic E-state index is 0.0389. The molecule has 1 rings (SSSR count). The van der Waals surface area contributed by atoms with Gasteiger partial charge in [0.05, 0.1) is 13.1 Å². The fourth-order valence-corrected chi connectivity index (χ4v) is 1.95. The van der Waals surface area contributed by atoms with Crippen LogP contribution < -0.4 is 10.6 Å². The number of terminal acetylenes is 1. The van der Waals surface area contributed by atoms with Gasteiger partial charge in [-0.25, -0.2) is 0 Å². The smallest absolute Gasteiger partial charge is 0.234 e. The third kappa shape index (κ3) is 4.21. The lowest BCUT2D eigenvalue weighted by Gasteiger charge is -2.35. The summed E-state index contributed by atoms with van der Waals surface area (Å²) in [6.45, 7) is 3.99. The van der Waals surface area contributed by atoms with Crippen LogP contribution in [0.3, 0.4) is 0 Å². The number of hydrogen-bond acceptors (Lipinski definition) is 3. The lowest BCUT2D eigenvalue weighted by atomic mass is 9.99. The predicted molar refractivity (Wildman–Crippen MR) is 65.0 cm³/mol. The number of likely N-dealkylation sites (tertiary alicyclic amines) is 1. The van der Waals surface area contributed by atoms with E-state index in [0.29, 0.717) is 25.2 Å². The van der Waals surface area contributed by atoms with Gasteiger partial charge in [-0.05, 0) is 26.8 Å². The van der Waals surface area contributed by atoms with Gasteiger partial charge in [-0.3, -0.25) is 10.1 Å². The molecule has 2 atom stereocenters. The minimum absolute atomic E-state index is 0.0389. The van der Waals surface area contributed by atoms with E-state index in [0.717, 1.165) is 19.4 Å². The normalized spacial score (nSPS) is 26.1. The minimum Gasteiger partial charge on any atom is -0.352 e. The molecule has 1 heterocycles. The van der Waals surface area contributed by atoms with Crippen LogP contribution >= 0.6 is 0 Å². The standard InChI is InChI=1S/C12H21N3O/c1-4-6-13-9-12(16)14-11-5-7-15(3)10(2)8-11/h1,10-11,13H,5-9H2,2-3H3,(H,14,16). The molecule has 2 N–H and O–H groups in total. The fourth-order valence-electron chi connectivity index (χ4n) is 1.95. The van der Waals surface area contributed by atoms with Crippen LogP contribution in [-0.4, -0.2) is 49.6 Å². The van der Waals surface area contributed by atoms with E-state index >= 15 is 0 Å². The van der Waals surface area contributed by atoms with E-state index < -0.39 is 0 Å². The zero-order chi connectivity index (χ0) is 12.0. The van der Waals surface area contributed by atoms with Crippen molar-refractivity contribution in [2.75, 3.05) is 26.7 Å². The topological polar surface area (TPSA) is 44.4 Å². The number of nitrogens with one attached hydrogen (secondary N) is 2. The molecule has 4 heteroatoms. The maximum absolute atomic E-state index is 11.5. The van der Waals surface area contributed by atoms with E-state index in [2.05, 4.69) is 35.4 Å². The van der Waals surface area contributed by atoms with Gasteiger partial charge in [0.15, 0.2) is 0 Å². The Kier molecular flexibility index (Phi) is 5.30. The van der Waals surface area contributed by atoms with Crippen molar-refractivity contribution in [3.8, 4) is 12.3 Å². The highest BCUT2D eigenvalue weighted by molar-refractivity contribution is 5.78. The van der Waals surface area contributed by atoms with Gasteiger partial charge in [0.25, 0.3) is 0 Å². The predicted octanol–water partition coefficient (Wildman–Crippen LogP) is -0.192.